The summed E-state index contributed by atoms with van der Waals surface area (Å²) in [5.74, 6) is -1.21. The van der Waals surface area contributed by atoms with Gasteiger partial charge in [0.1, 0.15) is 0 Å². The van der Waals surface area contributed by atoms with Gasteiger partial charge in [0.2, 0.25) is 10.0 Å². The number of carboxylic acids is 1. The molecule has 0 aliphatic rings. The van der Waals surface area contributed by atoms with E-state index in [-0.39, 0.29) is 16.5 Å². The van der Waals surface area contributed by atoms with Crippen LogP contribution in [0, 0.1) is 0 Å². The number of fused-ring (bicyclic) bond motifs is 1. The first-order chi connectivity index (χ1) is 11.8. The van der Waals surface area contributed by atoms with Gasteiger partial charge < -0.3 is 5.11 Å². The monoisotopic (exact) mass is 359 g/mol. The second kappa shape index (κ2) is 6.30. The number of rotatable bonds is 5. The second-order valence-corrected chi connectivity index (χ2v) is 7.63. The lowest BCUT2D eigenvalue weighted by Crippen LogP contribution is -2.30. The van der Waals surface area contributed by atoms with Crippen LogP contribution in [-0.4, -0.2) is 35.3 Å². The summed E-state index contributed by atoms with van der Waals surface area (Å²) in [7, 11) is -3.84. The average molecular weight is 359 g/mol. The maximum Gasteiger partial charge on any atom is 0.335 e. The van der Waals surface area contributed by atoms with Crippen molar-refractivity contribution < 1.29 is 18.3 Å². The molecular formula is C17H17N3O4S. The zero-order valence-corrected chi connectivity index (χ0v) is 14.5. The van der Waals surface area contributed by atoms with Crippen molar-refractivity contribution in [3.8, 4) is 5.69 Å². The Morgan fingerprint density at radius 3 is 2.60 bits per heavy atom. The van der Waals surface area contributed by atoms with Gasteiger partial charge in [-0.25, -0.2) is 22.6 Å². The van der Waals surface area contributed by atoms with E-state index in [9.17, 15) is 18.3 Å². The zero-order chi connectivity index (χ0) is 18.2. The molecular weight excluding hydrogens is 342 g/mol. The van der Waals surface area contributed by atoms with E-state index in [1.165, 1.54) is 16.8 Å². The molecule has 0 bridgehead atoms. The molecule has 1 aromatic heterocycles. The van der Waals surface area contributed by atoms with Crippen LogP contribution in [0.3, 0.4) is 0 Å². The molecule has 0 saturated heterocycles. The first kappa shape index (κ1) is 17.1. The van der Waals surface area contributed by atoms with Crippen LogP contribution in [0.5, 0.6) is 0 Å². The summed E-state index contributed by atoms with van der Waals surface area (Å²) in [6.45, 7) is 3.39. The van der Waals surface area contributed by atoms with E-state index in [2.05, 4.69) is 9.82 Å². The molecule has 0 spiro atoms. The van der Waals surface area contributed by atoms with Gasteiger partial charge in [-0.1, -0.05) is 18.2 Å². The molecule has 0 radical (unpaired) electrons. The first-order valence-corrected chi connectivity index (χ1v) is 9.10. The Kier molecular flexibility index (Phi) is 4.32. The summed E-state index contributed by atoms with van der Waals surface area (Å²) in [5, 5.41) is 14.5. The molecule has 1 heterocycles. The lowest BCUT2D eigenvalue weighted by molar-refractivity contribution is 0.0696. The van der Waals surface area contributed by atoms with Crippen molar-refractivity contribution in [1.82, 2.24) is 14.5 Å². The SMILES string of the molecule is CC(C)NS(=O)(=O)c1cc(C(=O)O)cc(-n2ncc3ccccc32)c1. The summed E-state index contributed by atoms with van der Waals surface area (Å²) < 4.78 is 28.9. The van der Waals surface area contributed by atoms with Gasteiger partial charge in [0.05, 0.1) is 27.9 Å². The van der Waals surface area contributed by atoms with Crippen LogP contribution in [0.1, 0.15) is 24.2 Å². The standard InChI is InChI=1S/C17H17N3O4S/c1-11(2)19-25(23,24)15-8-13(17(21)22)7-14(9-15)20-16-6-4-3-5-12(16)10-18-20/h3-11,19H,1-2H3,(H,21,22). The van der Waals surface area contributed by atoms with Crippen LogP contribution in [0.25, 0.3) is 16.6 Å². The van der Waals surface area contributed by atoms with Crippen LogP contribution < -0.4 is 4.72 Å². The molecule has 2 aromatic carbocycles. The minimum atomic E-state index is -3.84. The largest absolute Gasteiger partial charge is 0.478 e. The molecule has 0 aliphatic heterocycles. The van der Waals surface area contributed by atoms with Gasteiger partial charge in [0.15, 0.2) is 0 Å². The zero-order valence-electron chi connectivity index (χ0n) is 13.7. The highest BCUT2D eigenvalue weighted by Gasteiger charge is 2.20. The maximum atomic E-state index is 12.5. The molecule has 25 heavy (non-hydrogen) atoms. The fraction of sp³-hybridized carbons (Fsp3) is 0.176. The Hall–Kier alpha value is -2.71. The van der Waals surface area contributed by atoms with E-state index in [1.807, 2.05) is 24.3 Å². The van der Waals surface area contributed by atoms with Crippen molar-refractivity contribution >= 4 is 26.9 Å². The summed E-state index contributed by atoms with van der Waals surface area (Å²) in [6, 6.07) is 11.0. The Balaban J connectivity index is 2.22. The van der Waals surface area contributed by atoms with Crippen molar-refractivity contribution in [2.75, 3.05) is 0 Å². The Morgan fingerprint density at radius 2 is 1.92 bits per heavy atom. The van der Waals surface area contributed by atoms with Crippen molar-refractivity contribution in [3.63, 3.8) is 0 Å². The number of hydrogen-bond acceptors (Lipinski definition) is 4. The fourth-order valence-corrected chi connectivity index (χ4v) is 3.85. The molecule has 0 unspecified atom stereocenters. The van der Waals surface area contributed by atoms with E-state index in [0.29, 0.717) is 5.69 Å². The van der Waals surface area contributed by atoms with Gasteiger partial charge in [-0.05, 0) is 38.1 Å². The third-order valence-corrected chi connectivity index (χ3v) is 5.20. The lowest BCUT2D eigenvalue weighted by Gasteiger charge is -2.12. The number of nitrogens with one attached hydrogen (secondary N) is 1. The van der Waals surface area contributed by atoms with Gasteiger partial charge in [-0.15, -0.1) is 0 Å². The fourth-order valence-electron chi connectivity index (χ4n) is 2.54. The summed E-state index contributed by atoms with van der Waals surface area (Å²) in [5.41, 5.74) is 0.997. The number of carboxylic acid groups (broad SMARTS) is 1. The number of carbonyl (C=O) groups is 1. The topological polar surface area (TPSA) is 101 Å². The summed E-state index contributed by atoms with van der Waals surface area (Å²) >= 11 is 0. The van der Waals surface area contributed by atoms with Gasteiger partial charge in [-0.2, -0.15) is 5.10 Å². The molecule has 0 amide bonds. The third-order valence-electron chi connectivity index (χ3n) is 3.56. The van der Waals surface area contributed by atoms with Crippen molar-refractivity contribution in [3.05, 3.63) is 54.2 Å². The first-order valence-electron chi connectivity index (χ1n) is 7.62. The minimum absolute atomic E-state index is 0.115. The number of aromatic carboxylic acids is 1. The normalized spacial score (nSPS) is 12.0. The number of benzene rings is 2. The van der Waals surface area contributed by atoms with Crippen molar-refractivity contribution in [2.24, 2.45) is 0 Å². The molecule has 0 saturated carbocycles. The number of hydrogen-bond donors (Lipinski definition) is 2. The smallest absolute Gasteiger partial charge is 0.335 e. The molecule has 0 aliphatic carbocycles. The quantitative estimate of drug-likeness (QED) is 0.728. The predicted octanol–water partition coefficient (Wildman–Crippen LogP) is 2.41. The lowest BCUT2D eigenvalue weighted by atomic mass is 10.2. The highest BCUT2D eigenvalue weighted by Crippen LogP contribution is 2.22. The Bertz CT molecular complexity index is 1050. The number of aromatic nitrogens is 2. The predicted molar refractivity (Wildman–Crippen MR) is 93.5 cm³/mol. The molecule has 8 heteroatoms. The van der Waals surface area contributed by atoms with E-state index in [1.54, 1.807) is 20.0 Å². The van der Waals surface area contributed by atoms with Crippen LogP contribution in [0.4, 0.5) is 0 Å². The molecule has 7 nitrogen and oxygen atoms in total. The molecule has 0 fully saturated rings. The third kappa shape index (κ3) is 3.40. The summed E-state index contributed by atoms with van der Waals surface area (Å²) in [6.07, 6.45) is 1.64. The summed E-state index contributed by atoms with van der Waals surface area (Å²) in [4.78, 5) is 11.3. The maximum absolute atomic E-state index is 12.5. The van der Waals surface area contributed by atoms with Crippen molar-refractivity contribution in [1.29, 1.82) is 0 Å². The molecule has 130 valence electrons. The van der Waals surface area contributed by atoms with E-state index >= 15 is 0 Å². The van der Waals surface area contributed by atoms with Gasteiger partial charge >= 0.3 is 5.97 Å². The highest BCUT2D eigenvalue weighted by molar-refractivity contribution is 7.89. The van der Waals surface area contributed by atoms with E-state index < -0.39 is 16.0 Å². The number of nitrogens with zero attached hydrogens (tertiary/aromatic N) is 2. The molecule has 3 aromatic rings. The van der Waals surface area contributed by atoms with E-state index in [4.69, 9.17) is 0 Å². The van der Waals surface area contributed by atoms with Gasteiger partial charge in [0, 0.05) is 11.4 Å². The Morgan fingerprint density at radius 1 is 1.20 bits per heavy atom. The Labute approximate surface area is 145 Å². The van der Waals surface area contributed by atoms with Gasteiger partial charge in [0.25, 0.3) is 0 Å². The van der Waals surface area contributed by atoms with Crippen LogP contribution in [0.15, 0.2) is 53.6 Å². The minimum Gasteiger partial charge on any atom is -0.478 e. The molecule has 0 atom stereocenters. The van der Waals surface area contributed by atoms with Crippen LogP contribution in [-0.2, 0) is 10.0 Å². The van der Waals surface area contributed by atoms with Crippen molar-refractivity contribution in [2.45, 2.75) is 24.8 Å². The number of para-hydroxylation sites is 1. The number of sulfonamides is 1. The van der Waals surface area contributed by atoms with Crippen LogP contribution in [0.2, 0.25) is 0 Å². The van der Waals surface area contributed by atoms with Gasteiger partial charge in [-0.3, -0.25) is 0 Å². The average Bonchev–Trinajstić information content (AvgIpc) is 2.97. The molecule has 2 N–H and O–H groups in total. The van der Waals surface area contributed by atoms with Crippen LogP contribution >= 0.6 is 0 Å². The highest BCUT2D eigenvalue weighted by atomic mass is 32.2. The molecule has 3 rings (SSSR count). The van der Waals surface area contributed by atoms with E-state index in [0.717, 1.165) is 17.0 Å². The second-order valence-electron chi connectivity index (χ2n) is 5.91.